The number of hydrazine groups is 1. The summed E-state index contributed by atoms with van der Waals surface area (Å²) in [7, 11) is 0. The lowest BCUT2D eigenvalue weighted by Gasteiger charge is -2.39. The highest BCUT2D eigenvalue weighted by molar-refractivity contribution is 6.31. The summed E-state index contributed by atoms with van der Waals surface area (Å²) in [5, 5.41) is 4.37. The predicted molar refractivity (Wildman–Crippen MR) is 150 cm³/mol. The van der Waals surface area contributed by atoms with E-state index in [-0.39, 0.29) is 19.5 Å². The number of nitrogens with one attached hydrogen (secondary N) is 1. The minimum atomic E-state index is -0.971. The van der Waals surface area contributed by atoms with Gasteiger partial charge >= 0.3 is 0 Å². The lowest BCUT2D eigenvalue weighted by molar-refractivity contribution is -0.143. The van der Waals surface area contributed by atoms with E-state index in [9.17, 15) is 19.2 Å². The molecular formula is C28H27ClN6O4. The molecule has 0 aliphatic carbocycles. The fourth-order valence-electron chi connectivity index (χ4n) is 4.29. The summed E-state index contributed by atoms with van der Waals surface area (Å²) in [6.45, 7) is -0.657. The highest BCUT2D eigenvalue weighted by Gasteiger charge is 2.39. The average molecular weight is 547 g/mol. The summed E-state index contributed by atoms with van der Waals surface area (Å²) < 4.78 is 0. The number of amides is 3. The summed E-state index contributed by atoms with van der Waals surface area (Å²) in [5.41, 5.74) is 7.95. The van der Waals surface area contributed by atoms with E-state index in [4.69, 9.17) is 23.2 Å². The van der Waals surface area contributed by atoms with Gasteiger partial charge < -0.3 is 16.0 Å². The standard InChI is InChI=1S/C28H27ClN6O4/c29-21-8-11-23(35(31)13-12-30)24(15-21)33-16-27(38)34(17-26(33)37)25(14-19-4-2-1-3-5-19)28(39)32-22-9-6-20(18-36)7-10-22/h1-13,15,18,25H,14,16-17,30-31H2,(H,32,39)/b13-12-. The zero-order chi connectivity index (χ0) is 27.9. The molecule has 1 saturated heterocycles. The third kappa shape index (κ3) is 6.43. The first-order valence-corrected chi connectivity index (χ1v) is 12.4. The second-order valence-corrected chi connectivity index (χ2v) is 9.25. The van der Waals surface area contributed by atoms with Crippen molar-refractivity contribution in [1.29, 1.82) is 0 Å². The summed E-state index contributed by atoms with van der Waals surface area (Å²) in [4.78, 5) is 53.9. The van der Waals surface area contributed by atoms with Gasteiger partial charge in [0, 0.05) is 35.1 Å². The van der Waals surface area contributed by atoms with E-state index >= 15 is 0 Å². The number of hydrogen-bond acceptors (Lipinski definition) is 7. The number of halogens is 1. The van der Waals surface area contributed by atoms with Crippen molar-refractivity contribution < 1.29 is 19.2 Å². The van der Waals surface area contributed by atoms with Crippen LogP contribution in [-0.2, 0) is 20.8 Å². The van der Waals surface area contributed by atoms with Crippen molar-refractivity contribution >= 4 is 52.7 Å². The first-order chi connectivity index (χ1) is 18.8. The van der Waals surface area contributed by atoms with Crippen LogP contribution in [0, 0.1) is 0 Å². The fraction of sp³-hybridized carbons (Fsp3) is 0.143. The van der Waals surface area contributed by atoms with Gasteiger partial charge in [-0.05, 0) is 48.0 Å². The van der Waals surface area contributed by atoms with E-state index in [0.717, 1.165) is 5.56 Å². The second kappa shape index (κ2) is 12.2. The van der Waals surface area contributed by atoms with Crippen LogP contribution in [0.15, 0.2) is 85.2 Å². The maximum atomic E-state index is 13.5. The summed E-state index contributed by atoms with van der Waals surface area (Å²) in [6.07, 6.45) is 3.53. The molecule has 4 rings (SSSR count). The molecule has 0 radical (unpaired) electrons. The van der Waals surface area contributed by atoms with Crippen molar-refractivity contribution in [2.45, 2.75) is 12.5 Å². The van der Waals surface area contributed by atoms with Gasteiger partial charge in [-0.15, -0.1) is 0 Å². The van der Waals surface area contributed by atoms with E-state index in [0.29, 0.717) is 33.9 Å². The van der Waals surface area contributed by atoms with Crippen molar-refractivity contribution in [3.63, 3.8) is 0 Å². The molecule has 11 heteroatoms. The number of nitrogens with zero attached hydrogens (tertiary/aromatic N) is 3. The van der Waals surface area contributed by atoms with E-state index in [1.165, 1.54) is 27.2 Å². The van der Waals surface area contributed by atoms with Crippen LogP contribution >= 0.6 is 11.6 Å². The van der Waals surface area contributed by atoms with Crippen LogP contribution in [0.5, 0.6) is 0 Å². The van der Waals surface area contributed by atoms with E-state index in [2.05, 4.69) is 5.32 Å². The van der Waals surface area contributed by atoms with Crippen molar-refractivity contribution in [2.24, 2.45) is 11.6 Å². The largest absolute Gasteiger partial charge is 0.403 e. The molecule has 3 aromatic rings. The number of anilines is 3. The number of piperazine rings is 1. The van der Waals surface area contributed by atoms with Gasteiger partial charge in [0.15, 0.2) is 0 Å². The molecule has 1 heterocycles. The van der Waals surface area contributed by atoms with Crippen molar-refractivity contribution in [3.05, 3.63) is 101 Å². The minimum absolute atomic E-state index is 0.193. The van der Waals surface area contributed by atoms with Crippen LogP contribution in [0.25, 0.3) is 0 Å². The van der Waals surface area contributed by atoms with E-state index < -0.39 is 23.8 Å². The average Bonchev–Trinajstić information content (AvgIpc) is 2.94. The Balaban J connectivity index is 1.62. The van der Waals surface area contributed by atoms with Crippen LogP contribution < -0.4 is 26.8 Å². The van der Waals surface area contributed by atoms with Crippen molar-refractivity contribution in [1.82, 2.24) is 4.90 Å². The molecule has 39 heavy (non-hydrogen) atoms. The van der Waals surface area contributed by atoms with Gasteiger partial charge in [0.2, 0.25) is 17.7 Å². The van der Waals surface area contributed by atoms with Gasteiger partial charge in [0.05, 0.1) is 11.4 Å². The zero-order valence-electron chi connectivity index (χ0n) is 20.9. The van der Waals surface area contributed by atoms with Crippen LogP contribution in [-0.4, -0.2) is 48.0 Å². The molecule has 3 aromatic carbocycles. The lowest BCUT2D eigenvalue weighted by Crippen LogP contribution is -2.60. The minimum Gasteiger partial charge on any atom is -0.403 e. The Kier molecular flexibility index (Phi) is 8.60. The molecule has 0 aromatic heterocycles. The Morgan fingerprint density at radius 2 is 1.74 bits per heavy atom. The van der Waals surface area contributed by atoms with Gasteiger partial charge in [-0.2, -0.15) is 0 Å². The second-order valence-electron chi connectivity index (χ2n) is 8.82. The summed E-state index contributed by atoms with van der Waals surface area (Å²) in [6, 6.07) is 19.4. The molecule has 200 valence electrons. The number of aldehydes is 1. The van der Waals surface area contributed by atoms with Crippen LogP contribution in [0.3, 0.4) is 0 Å². The van der Waals surface area contributed by atoms with E-state index in [1.807, 2.05) is 30.3 Å². The number of nitrogens with two attached hydrogens (primary N) is 2. The molecule has 3 amide bonds. The normalized spacial score (nSPS) is 14.4. The van der Waals surface area contributed by atoms with Gasteiger partial charge in [-0.25, -0.2) is 5.84 Å². The first kappa shape index (κ1) is 27.4. The topological polar surface area (TPSA) is 142 Å². The summed E-state index contributed by atoms with van der Waals surface area (Å²) in [5.74, 6) is 4.75. The molecule has 5 N–H and O–H groups in total. The van der Waals surface area contributed by atoms with Gasteiger partial charge in [0.1, 0.15) is 25.4 Å². The molecule has 1 aliphatic heterocycles. The maximum Gasteiger partial charge on any atom is 0.247 e. The summed E-state index contributed by atoms with van der Waals surface area (Å²) >= 11 is 6.20. The zero-order valence-corrected chi connectivity index (χ0v) is 21.6. The van der Waals surface area contributed by atoms with Gasteiger partial charge in [-0.3, -0.25) is 29.1 Å². The smallest absolute Gasteiger partial charge is 0.247 e. The number of rotatable bonds is 9. The Labute approximate surface area is 230 Å². The monoisotopic (exact) mass is 546 g/mol. The lowest BCUT2D eigenvalue weighted by atomic mass is 10.0. The Morgan fingerprint density at radius 1 is 1.03 bits per heavy atom. The highest BCUT2D eigenvalue weighted by atomic mass is 35.5. The molecule has 1 aliphatic rings. The third-order valence-electron chi connectivity index (χ3n) is 6.24. The van der Waals surface area contributed by atoms with E-state index in [1.54, 1.807) is 42.5 Å². The maximum absolute atomic E-state index is 13.5. The number of hydrogen-bond donors (Lipinski definition) is 3. The molecule has 0 saturated carbocycles. The van der Waals surface area contributed by atoms with Crippen molar-refractivity contribution in [3.8, 4) is 0 Å². The number of carbonyl (C=O) groups is 4. The molecule has 1 unspecified atom stereocenters. The SMILES string of the molecule is N/C=C\N(N)c1ccc(Cl)cc1N1CC(=O)N(C(Cc2ccccc2)C(=O)Nc2ccc(C=O)cc2)CC1=O. The molecule has 1 fully saturated rings. The Hall–Kier alpha value is -4.67. The first-order valence-electron chi connectivity index (χ1n) is 12.0. The molecular weight excluding hydrogens is 520 g/mol. The highest BCUT2D eigenvalue weighted by Crippen LogP contribution is 2.33. The predicted octanol–water partition coefficient (Wildman–Crippen LogP) is 2.69. The van der Waals surface area contributed by atoms with Gasteiger partial charge in [0.25, 0.3) is 0 Å². The number of carbonyl (C=O) groups excluding carboxylic acids is 4. The Bertz CT molecular complexity index is 1400. The molecule has 10 nitrogen and oxygen atoms in total. The number of benzene rings is 3. The van der Waals surface area contributed by atoms with Crippen LogP contribution in [0.1, 0.15) is 15.9 Å². The molecule has 0 bridgehead atoms. The van der Waals surface area contributed by atoms with Crippen LogP contribution in [0.4, 0.5) is 17.1 Å². The fourth-order valence-corrected chi connectivity index (χ4v) is 4.46. The Morgan fingerprint density at radius 3 is 2.41 bits per heavy atom. The third-order valence-corrected chi connectivity index (χ3v) is 6.47. The quantitative estimate of drug-likeness (QED) is 0.213. The molecule has 0 spiro atoms. The van der Waals surface area contributed by atoms with Crippen molar-refractivity contribution in [2.75, 3.05) is 28.3 Å². The molecule has 1 atom stereocenters. The van der Waals surface area contributed by atoms with Gasteiger partial charge in [-0.1, -0.05) is 41.9 Å². The van der Waals surface area contributed by atoms with Crippen LogP contribution in [0.2, 0.25) is 5.02 Å².